The van der Waals surface area contributed by atoms with Gasteiger partial charge >= 0.3 is 0 Å². The zero-order valence-electron chi connectivity index (χ0n) is 7.96. The van der Waals surface area contributed by atoms with E-state index in [9.17, 15) is 5.11 Å². The van der Waals surface area contributed by atoms with Crippen molar-refractivity contribution in [2.45, 2.75) is 39.2 Å². The highest BCUT2D eigenvalue weighted by molar-refractivity contribution is 5.04. The summed E-state index contributed by atoms with van der Waals surface area (Å²) in [4.78, 5) is 4.16. The quantitative estimate of drug-likeness (QED) is 0.736. The number of oxazole rings is 1. The molecular formula is C9H15NO2. The Morgan fingerprint density at radius 3 is 2.33 bits per heavy atom. The second kappa shape index (κ2) is 2.90. The summed E-state index contributed by atoms with van der Waals surface area (Å²) in [6.07, 6.45) is 1.60. The molecule has 0 unspecified atom stereocenters. The molecule has 3 heteroatoms. The molecule has 0 aliphatic carbocycles. The van der Waals surface area contributed by atoms with E-state index in [0.29, 0.717) is 11.8 Å². The van der Waals surface area contributed by atoms with Gasteiger partial charge in [0.05, 0.1) is 5.69 Å². The summed E-state index contributed by atoms with van der Waals surface area (Å²) in [5.41, 5.74) is -0.0974. The lowest BCUT2D eigenvalue weighted by Gasteiger charge is -2.10. The van der Waals surface area contributed by atoms with E-state index in [1.807, 2.05) is 13.8 Å². The summed E-state index contributed by atoms with van der Waals surface area (Å²) in [5.74, 6) is 0.719. The number of aromatic nitrogens is 1. The molecule has 0 radical (unpaired) electrons. The first-order chi connectivity index (χ1) is 5.41. The van der Waals surface area contributed by atoms with Crippen molar-refractivity contribution in [2.24, 2.45) is 0 Å². The van der Waals surface area contributed by atoms with E-state index in [1.54, 1.807) is 20.1 Å². The molecule has 1 aromatic rings. The van der Waals surface area contributed by atoms with Crippen LogP contribution in [0.3, 0.4) is 0 Å². The van der Waals surface area contributed by atoms with Crippen LogP contribution in [0.1, 0.15) is 45.2 Å². The third-order valence-electron chi connectivity index (χ3n) is 1.64. The van der Waals surface area contributed by atoms with Crippen LogP contribution in [0, 0.1) is 0 Å². The van der Waals surface area contributed by atoms with Crippen molar-refractivity contribution in [2.75, 3.05) is 0 Å². The van der Waals surface area contributed by atoms with E-state index in [-0.39, 0.29) is 0 Å². The molecular weight excluding hydrogens is 154 g/mol. The fourth-order valence-electron chi connectivity index (χ4n) is 0.832. The minimum Gasteiger partial charge on any atom is -0.446 e. The van der Waals surface area contributed by atoms with Gasteiger partial charge in [-0.05, 0) is 19.8 Å². The van der Waals surface area contributed by atoms with Crippen LogP contribution in [0.4, 0.5) is 0 Å². The molecule has 0 spiro atoms. The molecule has 1 N–H and O–H groups in total. The van der Waals surface area contributed by atoms with Crippen LogP contribution in [0.2, 0.25) is 0 Å². The lowest BCUT2D eigenvalue weighted by atomic mass is 10.1. The zero-order chi connectivity index (χ0) is 9.35. The molecule has 0 amide bonds. The molecule has 1 heterocycles. The smallest absolute Gasteiger partial charge is 0.225 e. The van der Waals surface area contributed by atoms with E-state index in [1.165, 1.54) is 0 Å². The molecule has 1 rings (SSSR count). The maximum atomic E-state index is 9.53. The third-order valence-corrected chi connectivity index (χ3v) is 1.64. The van der Waals surface area contributed by atoms with Crippen LogP contribution in [0.15, 0.2) is 10.7 Å². The predicted molar refractivity (Wildman–Crippen MR) is 45.8 cm³/mol. The van der Waals surface area contributed by atoms with E-state index in [2.05, 4.69) is 4.98 Å². The lowest BCUT2D eigenvalue weighted by Crippen LogP contribution is -2.15. The fraction of sp³-hybridized carbons (Fsp3) is 0.667. The largest absolute Gasteiger partial charge is 0.446 e. The van der Waals surface area contributed by atoms with Crippen molar-refractivity contribution in [3.63, 3.8) is 0 Å². The third kappa shape index (κ3) is 1.85. The molecule has 0 aliphatic heterocycles. The Kier molecular flexibility index (Phi) is 2.24. The van der Waals surface area contributed by atoms with E-state index >= 15 is 0 Å². The SMILES string of the molecule is CC(C)c1coc(C(C)(C)O)n1. The average Bonchev–Trinajstić information content (AvgIpc) is 2.30. The first-order valence-corrected chi connectivity index (χ1v) is 4.09. The van der Waals surface area contributed by atoms with Crippen LogP contribution in [0.25, 0.3) is 0 Å². The van der Waals surface area contributed by atoms with Crippen molar-refractivity contribution >= 4 is 0 Å². The van der Waals surface area contributed by atoms with Gasteiger partial charge in [-0.2, -0.15) is 0 Å². The van der Waals surface area contributed by atoms with Gasteiger partial charge in [0.1, 0.15) is 11.9 Å². The van der Waals surface area contributed by atoms with Crippen LogP contribution in [-0.2, 0) is 5.60 Å². The summed E-state index contributed by atoms with van der Waals surface area (Å²) in [6.45, 7) is 7.38. The van der Waals surface area contributed by atoms with Crippen LogP contribution < -0.4 is 0 Å². The van der Waals surface area contributed by atoms with Gasteiger partial charge in [0, 0.05) is 0 Å². The van der Waals surface area contributed by atoms with Crippen LogP contribution in [-0.4, -0.2) is 10.1 Å². The van der Waals surface area contributed by atoms with Gasteiger partial charge in [0.25, 0.3) is 0 Å². The standard InChI is InChI=1S/C9H15NO2/c1-6(2)7-5-12-8(10-7)9(3,4)11/h5-6,11H,1-4H3. The summed E-state index contributed by atoms with van der Waals surface area (Å²) < 4.78 is 5.13. The molecule has 12 heavy (non-hydrogen) atoms. The molecule has 68 valence electrons. The number of nitrogens with zero attached hydrogens (tertiary/aromatic N) is 1. The minimum absolute atomic E-state index is 0.338. The molecule has 0 saturated heterocycles. The maximum absolute atomic E-state index is 9.53. The van der Waals surface area contributed by atoms with E-state index in [4.69, 9.17) is 4.42 Å². The lowest BCUT2D eigenvalue weighted by molar-refractivity contribution is 0.0483. The summed E-state index contributed by atoms with van der Waals surface area (Å²) in [7, 11) is 0. The van der Waals surface area contributed by atoms with Crippen molar-refractivity contribution in [3.8, 4) is 0 Å². The number of rotatable bonds is 2. The first kappa shape index (κ1) is 9.26. The van der Waals surface area contributed by atoms with Crippen molar-refractivity contribution in [1.29, 1.82) is 0 Å². The van der Waals surface area contributed by atoms with Crippen molar-refractivity contribution in [1.82, 2.24) is 4.98 Å². The second-order valence-electron chi connectivity index (χ2n) is 3.79. The van der Waals surface area contributed by atoms with E-state index < -0.39 is 5.60 Å². The Bertz CT molecular complexity index is 258. The zero-order valence-corrected chi connectivity index (χ0v) is 7.96. The predicted octanol–water partition coefficient (Wildman–Crippen LogP) is 2.03. The molecule has 0 saturated carbocycles. The summed E-state index contributed by atoms with van der Waals surface area (Å²) >= 11 is 0. The van der Waals surface area contributed by atoms with Crippen LogP contribution in [0.5, 0.6) is 0 Å². The Morgan fingerprint density at radius 1 is 1.50 bits per heavy atom. The van der Waals surface area contributed by atoms with Gasteiger partial charge in [0.2, 0.25) is 5.89 Å². The monoisotopic (exact) mass is 169 g/mol. The molecule has 3 nitrogen and oxygen atoms in total. The van der Waals surface area contributed by atoms with Crippen molar-refractivity contribution in [3.05, 3.63) is 17.8 Å². The molecule has 0 aliphatic rings. The van der Waals surface area contributed by atoms with Gasteiger partial charge in [-0.15, -0.1) is 0 Å². The van der Waals surface area contributed by atoms with Gasteiger partial charge in [0.15, 0.2) is 0 Å². The molecule has 0 atom stereocenters. The summed E-state index contributed by atoms with van der Waals surface area (Å²) in [5, 5.41) is 9.53. The average molecular weight is 169 g/mol. The first-order valence-electron chi connectivity index (χ1n) is 4.09. The normalized spacial score (nSPS) is 12.5. The number of hydrogen-bond donors (Lipinski definition) is 1. The fourth-order valence-corrected chi connectivity index (χ4v) is 0.832. The Morgan fingerprint density at radius 2 is 2.08 bits per heavy atom. The van der Waals surface area contributed by atoms with Gasteiger partial charge < -0.3 is 9.52 Å². The van der Waals surface area contributed by atoms with Gasteiger partial charge in [-0.25, -0.2) is 4.98 Å². The highest BCUT2D eigenvalue weighted by Gasteiger charge is 2.22. The molecule has 1 aromatic heterocycles. The van der Waals surface area contributed by atoms with Crippen molar-refractivity contribution < 1.29 is 9.52 Å². The molecule has 0 bridgehead atoms. The van der Waals surface area contributed by atoms with Gasteiger partial charge in [-0.3, -0.25) is 0 Å². The van der Waals surface area contributed by atoms with Gasteiger partial charge in [-0.1, -0.05) is 13.8 Å². The molecule has 0 aromatic carbocycles. The Labute approximate surface area is 72.4 Å². The number of aliphatic hydroxyl groups is 1. The van der Waals surface area contributed by atoms with Crippen LogP contribution >= 0.6 is 0 Å². The Balaban J connectivity index is 2.92. The highest BCUT2D eigenvalue weighted by atomic mass is 16.4. The highest BCUT2D eigenvalue weighted by Crippen LogP contribution is 2.21. The maximum Gasteiger partial charge on any atom is 0.225 e. The summed E-state index contributed by atoms with van der Waals surface area (Å²) in [6, 6.07) is 0. The topological polar surface area (TPSA) is 46.3 Å². The second-order valence-corrected chi connectivity index (χ2v) is 3.79. The minimum atomic E-state index is -0.979. The Hall–Kier alpha value is -0.830. The molecule has 0 fully saturated rings. The number of hydrogen-bond acceptors (Lipinski definition) is 3. The van der Waals surface area contributed by atoms with E-state index in [0.717, 1.165) is 5.69 Å².